The van der Waals surface area contributed by atoms with Crippen LogP contribution in [0.25, 0.3) is 0 Å². The molecule has 1 aliphatic carbocycles. The van der Waals surface area contributed by atoms with Gasteiger partial charge in [-0.1, -0.05) is 50.3 Å². The maximum atomic E-state index is 12.3. The van der Waals surface area contributed by atoms with Crippen LogP contribution in [0.15, 0.2) is 0 Å². The van der Waals surface area contributed by atoms with E-state index in [2.05, 4.69) is 43.4 Å². The minimum absolute atomic E-state index is 0.0274. The number of alkyl halides is 1. The van der Waals surface area contributed by atoms with Gasteiger partial charge in [0.25, 0.3) is 0 Å². The van der Waals surface area contributed by atoms with Gasteiger partial charge in [-0.05, 0) is 39.0 Å². The summed E-state index contributed by atoms with van der Waals surface area (Å²) in [6.45, 7) is 10.5. The lowest BCUT2D eigenvalue weighted by atomic mass is 9.75. The average molecular weight is 352 g/mol. The third kappa shape index (κ3) is 3.15. The van der Waals surface area contributed by atoms with Crippen molar-refractivity contribution >= 4 is 28.6 Å². The summed E-state index contributed by atoms with van der Waals surface area (Å²) >= 11 is 2.21. The largest absolute Gasteiger partial charge is 0.458 e. The predicted octanol–water partition coefficient (Wildman–Crippen LogP) is 4.49. The minimum atomic E-state index is -0.390. The number of hydrogen-bond donors (Lipinski definition) is 0. The third-order valence-electron chi connectivity index (χ3n) is 4.16. The van der Waals surface area contributed by atoms with Crippen LogP contribution in [0.3, 0.4) is 0 Å². The molecule has 1 fully saturated rings. The summed E-state index contributed by atoms with van der Waals surface area (Å²) in [7, 11) is 0. The molecular formula is C14H25IO2. The quantitative estimate of drug-likeness (QED) is 0.425. The van der Waals surface area contributed by atoms with Gasteiger partial charge in [-0.2, -0.15) is 0 Å². The van der Waals surface area contributed by atoms with Gasteiger partial charge in [-0.25, -0.2) is 0 Å². The predicted molar refractivity (Wildman–Crippen MR) is 79.5 cm³/mol. The van der Waals surface area contributed by atoms with Gasteiger partial charge in [0.05, 0.1) is 0 Å². The zero-order chi connectivity index (χ0) is 13.3. The van der Waals surface area contributed by atoms with Crippen LogP contribution in [0.5, 0.6) is 0 Å². The molecule has 1 atom stereocenters. The second-order valence-corrected chi connectivity index (χ2v) is 8.77. The first-order chi connectivity index (χ1) is 7.65. The van der Waals surface area contributed by atoms with Gasteiger partial charge in [0.2, 0.25) is 0 Å². The lowest BCUT2D eigenvalue weighted by molar-refractivity contribution is -0.174. The van der Waals surface area contributed by atoms with Crippen molar-refractivity contribution in [3.05, 3.63) is 0 Å². The summed E-state index contributed by atoms with van der Waals surface area (Å²) < 4.78 is 5.58. The van der Waals surface area contributed by atoms with Crippen LogP contribution in [0.1, 0.15) is 66.7 Å². The lowest BCUT2D eigenvalue weighted by Crippen LogP contribution is -2.47. The Kier molecular flexibility index (Phi) is 4.54. The Morgan fingerprint density at radius 2 is 1.71 bits per heavy atom. The van der Waals surface area contributed by atoms with E-state index in [1.165, 1.54) is 12.8 Å². The van der Waals surface area contributed by atoms with Gasteiger partial charge in [0, 0.05) is 5.41 Å². The van der Waals surface area contributed by atoms with E-state index in [1.807, 2.05) is 13.8 Å². The second kappa shape index (κ2) is 5.06. The monoisotopic (exact) mass is 352 g/mol. The molecule has 3 heteroatoms. The van der Waals surface area contributed by atoms with Crippen LogP contribution in [-0.2, 0) is 9.53 Å². The molecule has 1 aliphatic rings. The normalized spacial score (nSPS) is 23.2. The van der Waals surface area contributed by atoms with Crippen molar-refractivity contribution in [1.29, 1.82) is 0 Å². The van der Waals surface area contributed by atoms with Gasteiger partial charge in [0.15, 0.2) is 0 Å². The fraction of sp³-hybridized carbons (Fsp3) is 0.929. The summed E-state index contributed by atoms with van der Waals surface area (Å²) in [4.78, 5) is 12.3. The highest BCUT2D eigenvalue weighted by Crippen LogP contribution is 2.47. The molecule has 0 heterocycles. The van der Waals surface area contributed by atoms with Gasteiger partial charge in [-0.15, -0.1) is 0 Å². The molecule has 0 aromatic rings. The Hall–Kier alpha value is 0.200. The van der Waals surface area contributed by atoms with Crippen molar-refractivity contribution in [3.63, 3.8) is 0 Å². The second-order valence-electron chi connectivity index (χ2n) is 6.39. The van der Waals surface area contributed by atoms with Crippen LogP contribution >= 0.6 is 22.6 Å². The van der Waals surface area contributed by atoms with E-state index in [0.717, 1.165) is 19.3 Å². The van der Waals surface area contributed by atoms with Crippen LogP contribution < -0.4 is 0 Å². The number of ether oxygens (including phenoxy) is 1. The van der Waals surface area contributed by atoms with E-state index in [0.29, 0.717) is 0 Å². The molecule has 0 aromatic heterocycles. The Morgan fingerprint density at radius 1 is 1.24 bits per heavy atom. The minimum Gasteiger partial charge on any atom is -0.458 e. The molecule has 0 amide bonds. The number of halogens is 1. The maximum absolute atomic E-state index is 12.3. The topological polar surface area (TPSA) is 26.3 Å². The Bertz CT molecular complexity index is 283. The highest BCUT2D eigenvalue weighted by molar-refractivity contribution is 14.1. The summed E-state index contributed by atoms with van der Waals surface area (Å²) in [5, 5.41) is 0. The van der Waals surface area contributed by atoms with Crippen LogP contribution in [-0.4, -0.2) is 15.0 Å². The third-order valence-corrected chi connectivity index (χ3v) is 5.36. The molecule has 0 bridgehead atoms. The van der Waals surface area contributed by atoms with Gasteiger partial charge < -0.3 is 4.74 Å². The van der Waals surface area contributed by atoms with Crippen molar-refractivity contribution in [2.75, 3.05) is 0 Å². The molecular weight excluding hydrogens is 327 g/mol. The smallest absolute Gasteiger partial charge is 0.322 e. The van der Waals surface area contributed by atoms with E-state index in [1.54, 1.807) is 0 Å². The molecule has 0 saturated heterocycles. The Labute approximate surface area is 119 Å². The van der Waals surface area contributed by atoms with Crippen molar-refractivity contribution in [2.45, 2.75) is 75.7 Å². The fourth-order valence-electron chi connectivity index (χ4n) is 2.38. The highest BCUT2D eigenvalue weighted by Gasteiger charge is 2.49. The number of rotatable bonds is 3. The molecule has 0 spiro atoms. The molecule has 0 N–H and O–H groups in total. The standard InChI is InChI=1S/C14H25IO2/c1-6-13(5,15)11(16)17-14(12(2,3)4)9-7-8-10-14/h6-10H2,1-5H3. The molecule has 2 nitrogen and oxygen atoms in total. The van der Waals surface area contributed by atoms with Crippen LogP contribution in [0.4, 0.5) is 0 Å². The number of esters is 1. The molecule has 100 valence electrons. The van der Waals surface area contributed by atoms with Crippen molar-refractivity contribution in [2.24, 2.45) is 5.41 Å². The number of hydrogen-bond acceptors (Lipinski definition) is 2. The first-order valence-corrected chi connectivity index (χ1v) is 7.65. The average Bonchev–Trinajstić information content (AvgIpc) is 2.66. The number of carbonyl (C=O) groups is 1. The van der Waals surface area contributed by atoms with Crippen molar-refractivity contribution in [3.8, 4) is 0 Å². The molecule has 1 saturated carbocycles. The lowest BCUT2D eigenvalue weighted by Gasteiger charge is -2.42. The van der Waals surface area contributed by atoms with Gasteiger partial charge in [0.1, 0.15) is 9.02 Å². The van der Waals surface area contributed by atoms with E-state index < -0.39 is 3.42 Å². The molecule has 0 radical (unpaired) electrons. The SMILES string of the molecule is CCC(C)(I)C(=O)OC1(C(C)(C)C)CCCC1. The molecule has 17 heavy (non-hydrogen) atoms. The molecule has 0 aliphatic heterocycles. The van der Waals surface area contributed by atoms with E-state index in [9.17, 15) is 4.79 Å². The first-order valence-electron chi connectivity index (χ1n) is 6.57. The zero-order valence-corrected chi connectivity index (χ0v) is 13.9. The number of carbonyl (C=O) groups excluding carboxylic acids is 1. The highest BCUT2D eigenvalue weighted by atomic mass is 127. The van der Waals surface area contributed by atoms with Gasteiger partial charge >= 0.3 is 5.97 Å². The molecule has 1 rings (SSSR count). The Morgan fingerprint density at radius 3 is 2.06 bits per heavy atom. The fourth-order valence-corrected chi connectivity index (χ4v) is 2.49. The summed E-state index contributed by atoms with van der Waals surface area (Å²) in [5.41, 5.74) is -0.217. The van der Waals surface area contributed by atoms with E-state index in [-0.39, 0.29) is 17.0 Å². The summed E-state index contributed by atoms with van der Waals surface area (Å²) in [5.74, 6) is -0.0441. The van der Waals surface area contributed by atoms with Crippen LogP contribution in [0.2, 0.25) is 0 Å². The van der Waals surface area contributed by atoms with E-state index >= 15 is 0 Å². The first kappa shape index (κ1) is 15.3. The molecule has 1 unspecified atom stereocenters. The summed E-state index contributed by atoms with van der Waals surface area (Å²) in [6.07, 6.45) is 5.19. The van der Waals surface area contributed by atoms with Crippen LogP contribution in [0, 0.1) is 5.41 Å². The van der Waals surface area contributed by atoms with Crippen molar-refractivity contribution in [1.82, 2.24) is 0 Å². The van der Waals surface area contributed by atoms with Crippen molar-refractivity contribution < 1.29 is 9.53 Å². The maximum Gasteiger partial charge on any atom is 0.322 e. The Balaban J connectivity index is 2.86. The van der Waals surface area contributed by atoms with E-state index in [4.69, 9.17) is 4.74 Å². The summed E-state index contributed by atoms with van der Waals surface area (Å²) in [6, 6.07) is 0. The molecule has 0 aromatic carbocycles. The van der Waals surface area contributed by atoms with Gasteiger partial charge in [-0.3, -0.25) is 4.79 Å². The zero-order valence-electron chi connectivity index (χ0n) is 11.7.